The summed E-state index contributed by atoms with van der Waals surface area (Å²) in [6, 6.07) is 0.819. The summed E-state index contributed by atoms with van der Waals surface area (Å²) in [6.07, 6.45) is 5.83. The van der Waals surface area contributed by atoms with E-state index < -0.39 is 0 Å². The molecule has 0 atom stereocenters. The van der Waals surface area contributed by atoms with Gasteiger partial charge in [-0.25, -0.2) is 0 Å². The molecule has 0 aromatic carbocycles. The highest BCUT2D eigenvalue weighted by Crippen LogP contribution is 2.26. The predicted molar refractivity (Wildman–Crippen MR) is 71.3 cm³/mol. The van der Waals surface area contributed by atoms with E-state index in [1.54, 1.807) is 0 Å². The minimum Gasteiger partial charge on any atom is -0.463 e. The summed E-state index contributed by atoms with van der Waals surface area (Å²) >= 11 is 5.91. The minimum atomic E-state index is 0.191. The lowest BCUT2D eigenvalue weighted by molar-refractivity contribution is 0.291. The maximum absolute atomic E-state index is 5.91. The van der Waals surface area contributed by atoms with E-state index in [-0.39, 0.29) is 5.28 Å². The van der Waals surface area contributed by atoms with Crippen LogP contribution in [0.5, 0.6) is 6.01 Å². The van der Waals surface area contributed by atoms with Crippen LogP contribution < -0.4 is 9.64 Å². The fourth-order valence-corrected chi connectivity index (χ4v) is 2.34. The number of nitrogens with zero attached hydrogens (tertiary/aromatic N) is 4. The summed E-state index contributed by atoms with van der Waals surface area (Å²) in [6.45, 7) is 2.63. The van der Waals surface area contributed by atoms with Crippen LogP contribution in [0.2, 0.25) is 5.28 Å². The molecule has 1 aliphatic carbocycles. The Kier molecular flexibility index (Phi) is 4.58. The summed E-state index contributed by atoms with van der Waals surface area (Å²) < 4.78 is 5.42. The molecule has 100 valence electrons. The monoisotopic (exact) mass is 270 g/mol. The van der Waals surface area contributed by atoms with Crippen LogP contribution in [0.4, 0.5) is 5.95 Å². The van der Waals surface area contributed by atoms with E-state index in [1.807, 2.05) is 14.0 Å². The van der Waals surface area contributed by atoms with E-state index in [2.05, 4.69) is 19.9 Å². The number of halogens is 1. The first-order chi connectivity index (χ1) is 8.70. The van der Waals surface area contributed by atoms with Crippen molar-refractivity contribution in [3.05, 3.63) is 5.28 Å². The normalized spacial score (nSPS) is 15.9. The fourth-order valence-electron chi connectivity index (χ4n) is 2.19. The minimum absolute atomic E-state index is 0.191. The molecule has 1 aliphatic rings. The highest BCUT2D eigenvalue weighted by molar-refractivity contribution is 6.28. The predicted octanol–water partition coefficient (Wildman–Crippen LogP) is 2.69. The van der Waals surface area contributed by atoms with E-state index >= 15 is 0 Å². The topological polar surface area (TPSA) is 51.1 Å². The van der Waals surface area contributed by atoms with Crippen molar-refractivity contribution in [3.8, 4) is 6.01 Å². The highest BCUT2D eigenvalue weighted by Gasteiger charge is 2.22. The van der Waals surface area contributed by atoms with Crippen molar-refractivity contribution >= 4 is 17.5 Å². The number of hydrogen-bond donors (Lipinski definition) is 0. The lowest BCUT2D eigenvalue weighted by Gasteiger charge is -2.24. The zero-order valence-electron chi connectivity index (χ0n) is 10.9. The summed E-state index contributed by atoms with van der Waals surface area (Å²) in [7, 11) is 2.01. The SMILES string of the molecule is CCCOc1nc(Cl)nc(N(C)C2CCCC2)n1. The van der Waals surface area contributed by atoms with Crippen molar-refractivity contribution in [2.75, 3.05) is 18.6 Å². The Bertz CT molecular complexity index is 396. The molecule has 0 N–H and O–H groups in total. The smallest absolute Gasteiger partial charge is 0.322 e. The molecular formula is C12H19ClN4O. The van der Waals surface area contributed by atoms with Gasteiger partial charge in [0.25, 0.3) is 0 Å². The number of rotatable bonds is 5. The second kappa shape index (κ2) is 6.18. The van der Waals surface area contributed by atoms with E-state index in [1.165, 1.54) is 25.7 Å². The van der Waals surface area contributed by atoms with Crippen LogP contribution in [0.1, 0.15) is 39.0 Å². The van der Waals surface area contributed by atoms with Gasteiger partial charge in [0.2, 0.25) is 11.2 Å². The van der Waals surface area contributed by atoms with Crippen molar-refractivity contribution in [2.24, 2.45) is 0 Å². The van der Waals surface area contributed by atoms with Gasteiger partial charge in [0.15, 0.2) is 0 Å². The molecule has 6 heteroatoms. The van der Waals surface area contributed by atoms with Crippen LogP contribution in [0, 0.1) is 0 Å². The van der Waals surface area contributed by atoms with Gasteiger partial charge in [0, 0.05) is 13.1 Å². The third-order valence-electron chi connectivity index (χ3n) is 3.20. The molecule has 1 saturated carbocycles. The zero-order valence-corrected chi connectivity index (χ0v) is 11.7. The molecule has 0 spiro atoms. The van der Waals surface area contributed by atoms with Gasteiger partial charge in [-0.15, -0.1) is 0 Å². The van der Waals surface area contributed by atoms with Gasteiger partial charge in [-0.2, -0.15) is 15.0 Å². The number of aromatic nitrogens is 3. The number of hydrogen-bond acceptors (Lipinski definition) is 5. The van der Waals surface area contributed by atoms with Crippen LogP contribution >= 0.6 is 11.6 Å². The Balaban J connectivity index is 2.13. The Labute approximate surface area is 113 Å². The van der Waals surface area contributed by atoms with Gasteiger partial charge < -0.3 is 9.64 Å². The van der Waals surface area contributed by atoms with E-state index in [0.29, 0.717) is 24.6 Å². The molecule has 0 aliphatic heterocycles. The Hall–Kier alpha value is -1.10. The quantitative estimate of drug-likeness (QED) is 0.823. The van der Waals surface area contributed by atoms with Crippen LogP contribution in [0.15, 0.2) is 0 Å². The molecular weight excluding hydrogens is 252 g/mol. The number of ether oxygens (including phenoxy) is 1. The molecule has 0 bridgehead atoms. The van der Waals surface area contributed by atoms with E-state index in [0.717, 1.165) is 6.42 Å². The molecule has 0 unspecified atom stereocenters. The third-order valence-corrected chi connectivity index (χ3v) is 3.37. The van der Waals surface area contributed by atoms with Crippen LogP contribution in [-0.2, 0) is 0 Å². The van der Waals surface area contributed by atoms with Crippen molar-refractivity contribution < 1.29 is 4.74 Å². The lowest BCUT2D eigenvalue weighted by atomic mass is 10.2. The Morgan fingerprint density at radius 3 is 2.67 bits per heavy atom. The van der Waals surface area contributed by atoms with Crippen LogP contribution in [-0.4, -0.2) is 34.6 Å². The Morgan fingerprint density at radius 1 is 1.28 bits per heavy atom. The van der Waals surface area contributed by atoms with E-state index in [4.69, 9.17) is 16.3 Å². The third kappa shape index (κ3) is 3.22. The largest absolute Gasteiger partial charge is 0.463 e. The van der Waals surface area contributed by atoms with Crippen LogP contribution in [0.3, 0.4) is 0 Å². The fraction of sp³-hybridized carbons (Fsp3) is 0.750. The van der Waals surface area contributed by atoms with Crippen molar-refractivity contribution in [2.45, 2.75) is 45.1 Å². The molecule has 0 saturated heterocycles. The molecule has 5 nitrogen and oxygen atoms in total. The zero-order chi connectivity index (χ0) is 13.0. The van der Waals surface area contributed by atoms with Gasteiger partial charge in [0.05, 0.1) is 6.61 Å². The average Bonchev–Trinajstić information content (AvgIpc) is 2.88. The second-order valence-electron chi connectivity index (χ2n) is 4.58. The maximum Gasteiger partial charge on any atom is 0.322 e. The van der Waals surface area contributed by atoms with Gasteiger partial charge in [-0.05, 0) is 30.9 Å². The first-order valence-corrected chi connectivity index (χ1v) is 6.85. The van der Waals surface area contributed by atoms with Gasteiger partial charge in [0.1, 0.15) is 0 Å². The molecule has 1 fully saturated rings. The Morgan fingerprint density at radius 2 is 2.00 bits per heavy atom. The molecule has 1 aromatic heterocycles. The molecule has 1 heterocycles. The molecule has 18 heavy (non-hydrogen) atoms. The van der Waals surface area contributed by atoms with Crippen molar-refractivity contribution in [1.82, 2.24) is 15.0 Å². The first-order valence-electron chi connectivity index (χ1n) is 6.48. The highest BCUT2D eigenvalue weighted by atomic mass is 35.5. The average molecular weight is 271 g/mol. The van der Waals surface area contributed by atoms with Crippen LogP contribution in [0.25, 0.3) is 0 Å². The maximum atomic E-state index is 5.91. The molecule has 0 amide bonds. The molecule has 1 aromatic rings. The van der Waals surface area contributed by atoms with Crippen molar-refractivity contribution in [1.29, 1.82) is 0 Å². The second-order valence-corrected chi connectivity index (χ2v) is 4.92. The molecule has 2 rings (SSSR count). The summed E-state index contributed by atoms with van der Waals surface area (Å²) in [5.41, 5.74) is 0. The van der Waals surface area contributed by atoms with Crippen molar-refractivity contribution in [3.63, 3.8) is 0 Å². The van der Waals surface area contributed by atoms with E-state index in [9.17, 15) is 0 Å². The summed E-state index contributed by atoms with van der Waals surface area (Å²) in [5.74, 6) is 0.605. The van der Waals surface area contributed by atoms with Gasteiger partial charge in [-0.1, -0.05) is 19.8 Å². The summed E-state index contributed by atoms with van der Waals surface area (Å²) in [4.78, 5) is 14.5. The number of anilines is 1. The summed E-state index contributed by atoms with van der Waals surface area (Å²) in [5, 5.41) is 0.191. The van der Waals surface area contributed by atoms with Gasteiger partial charge >= 0.3 is 6.01 Å². The lowest BCUT2D eigenvalue weighted by Crippen LogP contribution is -2.30. The standard InChI is InChI=1S/C12H19ClN4O/c1-3-8-18-12-15-10(13)14-11(16-12)17(2)9-6-4-5-7-9/h9H,3-8H2,1-2H3. The first kappa shape index (κ1) is 13.3. The van der Waals surface area contributed by atoms with Gasteiger partial charge in [-0.3, -0.25) is 0 Å². The molecule has 0 radical (unpaired) electrons.